The lowest BCUT2D eigenvalue weighted by molar-refractivity contribution is 0.536. The molecule has 0 aliphatic heterocycles. The van der Waals surface area contributed by atoms with Crippen molar-refractivity contribution in [3.05, 3.63) is 12.2 Å². The highest BCUT2D eigenvalue weighted by molar-refractivity contribution is 4.88. The molecule has 0 amide bonds. The van der Waals surface area contributed by atoms with E-state index in [0.717, 1.165) is 31.6 Å². The molecule has 0 aliphatic carbocycles. The third-order valence-corrected chi connectivity index (χ3v) is 2.10. The molecule has 1 unspecified atom stereocenters. The fourth-order valence-corrected chi connectivity index (χ4v) is 1.22. The first-order valence-corrected chi connectivity index (χ1v) is 4.90. The van der Waals surface area contributed by atoms with Crippen molar-refractivity contribution in [1.82, 2.24) is 14.8 Å². The Balaban J connectivity index is 2.59. The van der Waals surface area contributed by atoms with Crippen molar-refractivity contribution in [1.29, 1.82) is 0 Å². The molecule has 0 aliphatic rings. The Morgan fingerprint density at radius 3 is 2.92 bits per heavy atom. The van der Waals surface area contributed by atoms with Crippen molar-refractivity contribution in [3.8, 4) is 0 Å². The number of rotatable bonds is 5. The number of nitrogens with zero attached hydrogens (tertiary/aromatic N) is 3. The van der Waals surface area contributed by atoms with Crippen LogP contribution in [0.1, 0.15) is 32.5 Å². The average molecular weight is 182 g/mol. The highest BCUT2D eigenvalue weighted by Crippen LogP contribution is 2.01. The van der Waals surface area contributed by atoms with Gasteiger partial charge in [0.2, 0.25) is 0 Å². The second-order valence-electron chi connectivity index (χ2n) is 3.27. The maximum atomic E-state index is 5.85. The van der Waals surface area contributed by atoms with Gasteiger partial charge in [-0.1, -0.05) is 13.8 Å². The molecule has 1 heterocycles. The fourth-order valence-electron chi connectivity index (χ4n) is 1.22. The van der Waals surface area contributed by atoms with Crippen LogP contribution in [0.15, 0.2) is 6.33 Å². The average Bonchev–Trinajstić information content (AvgIpc) is 2.54. The number of aryl methyl sites for hydroxylation is 1. The zero-order chi connectivity index (χ0) is 9.68. The van der Waals surface area contributed by atoms with Gasteiger partial charge in [-0.2, -0.15) is 5.10 Å². The van der Waals surface area contributed by atoms with Gasteiger partial charge in [0.1, 0.15) is 12.2 Å². The standard InChI is InChI=1S/C9H18N4/c1-3-5-13-9(11-7-12-13)6-8(10)4-2/h7-8H,3-6,10H2,1-2H3. The van der Waals surface area contributed by atoms with E-state index in [-0.39, 0.29) is 6.04 Å². The highest BCUT2D eigenvalue weighted by Gasteiger charge is 2.07. The summed E-state index contributed by atoms with van der Waals surface area (Å²) in [5.74, 6) is 1.01. The van der Waals surface area contributed by atoms with Crippen LogP contribution in [0.2, 0.25) is 0 Å². The van der Waals surface area contributed by atoms with Gasteiger partial charge in [-0.05, 0) is 12.8 Å². The number of aromatic nitrogens is 3. The van der Waals surface area contributed by atoms with E-state index >= 15 is 0 Å². The topological polar surface area (TPSA) is 56.7 Å². The van der Waals surface area contributed by atoms with E-state index in [9.17, 15) is 0 Å². The first kappa shape index (κ1) is 10.2. The molecular formula is C9H18N4. The summed E-state index contributed by atoms with van der Waals surface area (Å²) >= 11 is 0. The van der Waals surface area contributed by atoms with Crippen LogP contribution in [-0.4, -0.2) is 20.8 Å². The summed E-state index contributed by atoms with van der Waals surface area (Å²) in [7, 11) is 0. The van der Waals surface area contributed by atoms with Gasteiger partial charge in [0.05, 0.1) is 0 Å². The van der Waals surface area contributed by atoms with E-state index in [1.807, 2.05) is 4.68 Å². The lowest BCUT2D eigenvalue weighted by Crippen LogP contribution is -2.23. The molecule has 1 aromatic heterocycles. The maximum absolute atomic E-state index is 5.85. The molecule has 13 heavy (non-hydrogen) atoms. The summed E-state index contributed by atoms with van der Waals surface area (Å²) in [6.45, 7) is 5.15. The molecule has 0 saturated carbocycles. The van der Waals surface area contributed by atoms with Crippen molar-refractivity contribution < 1.29 is 0 Å². The first-order chi connectivity index (χ1) is 6.27. The smallest absolute Gasteiger partial charge is 0.138 e. The summed E-state index contributed by atoms with van der Waals surface area (Å²) in [5, 5.41) is 4.14. The molecular weight excluding hydrogens is 164 g/mol. The molecule has 4 heteroatoms. The minimum Gasteiger partial charge on any atom is -0.327 e. The Morgan fingerprint density at radius 1 is 1.54 bits per heavy atom. The molecule has 0 saturated heterocycles. The Kier molecular flexibility index (Phi) is 3.89. The van der Waals surface area contributed by atoms with Gasteiger partial charge in [-0.3, -0.25) is 4.68 Å². The number of hydrogen-bond donors (Lipinski definition) is 1. The van der Waals surface area contributed by atoms with Crippen molar-refractivity contribution in [2.24, 2.45) is 5.73 Å². The first-order valence-electron chi connectivity index (χ1n) is 4.90. The second kappa shape index (κ2) is 4.97. The van der Waals surface area contributed by atoms with Crippen LogP contribution in [0.25, 0.3) is 0 Å². The third kappa shape index (κ3) is 2.81. The van der Waals surface area contributed by atoms with Gasteiger partial charge in [0.15, 0.2) is 0 Å². The van der Waals surface area contributed by atoms with Crippen LogP contribution in [-0.2, 0) is 13.0 Å². The molecule has 0 fully saturated rings. The van der Waals surface area contributed by atoms with Crippen LogP contribution >= 0.6 is 0 Å². The molecule has 0 aromatic carbocycles. The van der Waals surface area contributed by atoms with E-state index in [1.165, 1.54) is 0 Å². The zero-order valence-corrected chi connectivity index (χ0v) is 8.40. The highest BCUT2D eigenvalue weighted by atomic mass is 15.3. The molecule has 0 spiro atoms. The minimum absolute atomic E-state index is 0.208. The van der Waals surface area contributed by atoms with Gasteiger partial charge in [0, 0.05) is 19.0 Å². The SMILES string of the molecule is CCCn1ncnc1CC(N)CC. The number of nitrogens with two attached hydrogens (primary N) is 1. The Hall–Kier alpha value is -0.900. The lowest BCUT2D eigenvalue weighted by atomic mass is 10.1. The normalized spacial score (nSPS) is 13.2. The lowest BCUT2D eigenvalue weighted by Gasteiger charge is -2.08. The Labute approximate surface area is 79.2 Å². The number of hydrogen-bond acceptors (Lipinski definition) is 3. The van der Waals surface area contributed by atoms with Crippen molar-refractivity contribution in [3.63, 3.8) is 0 Å². The summed E-state index contributed by atoms with van der Waals surface area (Å²) in [5.41, 5.74) is 5.85. The van der Waals surface area contributed by atoms with Gasteiger partial charge < -0.3 is 5.73 Å². The predicted octanol–water partition coefficient (Wildman–Crippen LogP) is 0.968. The van der Waals surface area contributed by atoms with Gasteiger partial charge in [-0.15, -0.1) is 0 Å². The van der Waals surface area contributed by atoms with Crippen LogP contribution < -0.4 is 5.73 Å². The van der Waals surface area contributed by atoms with E-state index < -0.39 is 0 Å². The molecule has 4 nitrogen and oxygen atoms in total. The van der Waals surface area contributed by atoms with Gasteiger partial charge in [0.25, 0.3) is 0 Å². The van der Waals surface area contributed by atoms with Crippen molar-refractivity contribution in [2.45, 2.75) is 45.7 Å². The molecule has 1 rings (SSSR count). The van der Waals surface area contributed by atoms with Crippen LogP contribution in [0.4, 0.5) is 0 Å². The monoisotopic (exact) mass is 182 g/mol. The molecule has 1 aromatic rings. The quantitative estimate of drug-likeness (QED) is 0.738. The van der Waals surface area contributed by atoms with Crippen LogP contribution in [0.3, 0.4) is 0 Å². The molecule has 0 bridgehead atoms. The molecule has 0 radical (unpaired) electrons. The second-order valence-corrected chi connectivity index (χ2v) is 3.27. The zero-order valence-electron chi connectivity index (χ0n) is 8.40. The Morgan fingerprint density at radius 2 is 2.31 bits per heavy atom. The maximum Gasteiger partial charge on any atom is 0.138 e. The van der Waals surface area contributed by atoms with E-state index in [4.69, 9.17) is 5.73 Å². The predicted molar refractivity (Wildman–Crippen MR) is 52.3 cm³/mol. The summed E-state index contributed by atoms with van der Waals surface area (Å²) < 4.78 is 1.94. The molecule has 74 valence electrons. The molecule has 1 atom stereocenters. The van der Waals surface area contributed by atoms with Gasteiger partial charge in [-0.25, -0.2) is 4.98 Å². The summed E-state index contributed by atoms with van der Waals surface area (Å²) in [6, 6.07) is 0.208. The van der Waals surface area contributed by atoms with Crippen LogP contribution in [0, 0.1) is 0 Å². The molecule has 2 N–H and O–H groups in total. The summed E-state index contributed by atoms with van der Waals surface area (Å²) in [4.78, 5) is 4.19. The third-order valence-electron chi connectivity index (χ3n) is 2.10. The van der Waals surface area contributed by atoms with E-state index in [1.54, 1.807) is 6.33 Å². The van der Waals surface area contributed by atoms with Crippen molar-refractivity contribution >= 4 is 0 Å². The van der Waals surface area contributed by atoms with E-state index in [0.29, 0.717) is 0 Å². The largest absolute Gasteiger partial charge is 0.327 e. The van der Waals surface area contributed by atoms with Crippen LogP contribution in [0.5, 0.6) is 0 Å². The minimum atomic E-state index is 0.208. The van der Waals surface area contributed by atoms with Gasteiger partial charge >= 0.3 is 0 Å². The van der Waals surface area contributed by atoms with Crippen molar-refractivity contribution in [2.75, 3.05) is 0 Å². The fraction of sp³-hybridized carbons (Fsp3) is 0.778. The Bertz CT molecular complexity index is 244. The van der Waals surface area contributed by atoms with E-state index in [2.05, 4.69) is 23.9 Å². The summed E-state index contributed by atoms with van der Waals surface area (Å²) in [6.07, 6.45) is 4.50.